The van der Waals surface area contributed by atoms with Gasteiger partial charge in [-0.3, -0.25) is 0 Å². The van der Waals surface area contributed by atoms with Crippen LogP contribution in [0.1, 0.15) is 0 Å². The third-order valence-electron chi connectivity index (χ3n) is 0.736. The van der Waals surface area contributed by atoms with Crippen LogP contribution in [0.25, 0.3) is 0 Å². The van der Waals surface area contributed by atoms with Crippen molar-refractivity contribution >= 4 is 42.0 Å². The van der Waals surface area contributed by atoms with Crippen LogP contribution < -0.4 is 0 Å². The quantitative estimate of drug-likeness (QED) is 0.559. The summed E-state index contributed by atoms with van der Waals surface area (Å²) in [5, 5.41) is 0.829. The number of rotatable bonds is 0. The first kappa shape index (κ1) is 6.46. The molecule has 1 aromatic rings. The molecule has 0 aromatic carbocycles. The Morgan fingerprint density at radius 2 is 2.12 bits per heavy atom. The predicted octanol–water partition coefficient (Wildman–Crippen LogP) is 2.13. The Kier molecular flexibility index (Phi) is 1.86. The molecular formula is C3HBCl3N. The number of halogens is 3. The zero-order valence-corrected chi connectivity index (χ0v) is 6.00. The number of nitrogens with zero attached hydrogens (tertiary/aromatic N) is 1. The molecule has 42 valence electrons. The van der Waals surface area contributed by atoms with Gasteiger partial charge in [0.05, 0.1) is 0 Å². The van der Waals surface area contributed by atoms with E-state index in [1.165, 1.54) is 3.99 Å². The normalized spacial score (nSPS) is 9.38. The molecule has 1 heterocycles. The molecule has 0 amide bonds. The van der Waals surface area contributed by atoms with E-state index in [0.717, 1.165) is 0 Å². The van der Waals surface area contributed by atoms with Crippen molar-refractivity contribution in [3.8, 4) is 0 Å². The molecule has 0 radical (unpaired) electrons. The Morgan fingerprint density at radius 3 is 2.25 bits per heavy atom. The van der Waals surface area contributed by atoms with Gasteiger partial charge in [0.2, 0.25) is 0 Å². The SMILES string of the molecule is Clc1cbn(Cl)c1Cl. The Balaban J connectivity index is 3.19. The van der Waals surface area contributed by atoms with Gasteiger partial charge in [0.1, 0.15) is 0 Å². The van der Waals surface area contributed by atoms with Crippen LogP contribution in [0, 0.1) is 0 Å². The number of hydrogen-bond donors (Lipinski definition) is 0. The molecule has 0 saturated heterocycles. The van der Waals surface area contributed by atoms with Gasteiger partial charge in [-0.1, -0.05) is 0 Å². The van der Waals surface area contributed by atoms with Crippen molar-refractivity contribution in [2.24, 2.45) is 0 Å². The van der Waals surface area contributed by atoms with Crippen molar-refractivity contribution < 1.29 is 0 Å². The first-order valence-corrected chi connectivity index (χ1v) is 2.99. The fourth-order valence-electron chi connectivity index (χ4n) is 0.367. The van der Waals surface area contributed by atoms with E-state index >= 15 is 0 Å². The molecule has 1 aromatic heterocycles. The van der Waals surface area contributed by atoms with Gasteiger partial charge in [-0.15, -0.1) is 0 Å². The molecule has 0 unspecified atom stereocenters. The van der Waals surface area contributed by atoms with Crippen LogP contribution in [0.3, 0.4) is 0 Å². The second kappa shape index (κ2) is 2.30. The van der Waals surface area contributed by atoms with Crippen LogP contribution in [0.2, 0.25) is 10.2 Å². The van der Waals surface area contributed by atoms with Gasteiger partial charge in [-0.05, 0) is 0 Å². The fourth-order valence-corrected chi connectivity index (χ4v) is 0.825. The van der Waals surface area contributed by atoms with Crippen molar-refractivity contribution in [2.45, 2.75) is 0 Å². The van der Waals surface area contributed by atoms with Crippen molar-refractivity contribution in [1.29, 1.82) is 0 Å². The summed E-state index contributed by atoms with van der Waals surface area (Å²) in [6.07, 6.45) is 0. The minimum absolute atomic E-state index is 0.355. The van der Waals surface area contributed by atoms with Gasteiger partial charge in [0, 0.05) is 0 Å². The van der Waals surface area contributed by atoms with E-state index in [-0.39, 0.29) is 0 Å². The summed E-state index contributed by atoms with van der Waals surface area (Å²) in [5.41, 5.74) is 0. The van der Waals surface area contributed by atoms with Crippen LogP contribution in [-0.4, -0.2) is 11.0 Å². The van der Waals surface area contributed by atoms with Crippen molar-refractivity contribution in [2.75, 3.05) is 0 Å². The van der Waals surface area contributed by atoms with E-state index in [1.54, 1.807) is 13.0 Å². The number of aromatic nitrogens is 1. The fraction of sp³-hybridized carbons (Fsp3) is 0. The van der Waals surface area contributed by atoms with Gasteiger partial charge in [-0.2, -0.15) is 0 Å². The Hall–Kier alpha value is 0.345. The maximum absolute atomic E-state index is 5.49. The first-order chi connectivity index (χ1) is 3.72. The van der Waals surface area contributed by atoms with Crippen molar-refractivity contribution in [3.05, 3.63) is 16.1 Å². The molecule has 1 nitrogen and oxygen atoms in total. The molecule has 0 aliphatic heterocycles. The molecule has 0 fully saturated rings. The van der Waals surface area contributed by atoms with E-state index in [2.05, 4.69) is 0 Å². The van der Waals surface area contributed by atoms with Crippen LogP contribution in [0.15, 0.2) is 5.96 Å². The summed E-state index contributed by atoms with van der Waals surface area (Å²) >= 11 is 16.4. The standard InChI is InChI=1S/C3HBCl3N/c5-2-1-4-8(7)3(2)6/h1H. The van der Waals surface area contributed by atoms with Gasteiger partial charge in [-0.25, -0.2) is 0 Å². The molecule has 0 N–H and O–H groups in total. The van der Waals surface area contributed by atoms with Gasteiger partial charge >= 0.3 is 62.2 Å². The number of hydrogen-bond acceptors (Lipinski definition) is 0. The van der Waals surface area contributed by atoms with Gasteiger partial charge in [0.15, 0.2) is 0 Å². The molecule has 8 heavy (non-hydrogen) atoms. The molecule has 0 aliphatic rings. The molecule has 0 spiro atoms. The first-order valence-electron chi connectivity index (χ1n) is 1.90. The topological polar surface area (TPSA) is 4.93 Å². The van der Waals surface area contributed by atoms with Crippen LogP contribution in [0.5, 0.6) is 0 Å². The molecule has 5 heteroatoms. The second-order valence-corrected chi connectivity index (χ2v) is 2.40. The Labute approximate surface area is 62.5 Å². The van der Waals surface area contributed by atoms with Gasteiger partial charge in [0.25, 0.3) is 0 Å². The molecule has 1 rings (SSSR count). The average molecular weight is 168 g/mol. The summed E-state index contributed by atoms with van der Waals surface area (Å²) in [6.45, 7) is 0. The predicted molar refractivity (Wildman–Crippen MR) is 37.1 cm³/mol. The van der Waals surface area contributed by atoms with E-state index in [9.17, 15) is 0 Å². The zero-order chi connectivity index (χ0) is 6.15. The second-order valence-electron chi connectivity index (χ2n) is 1.27. The third kappa shape index (κ3) is 1.02. The molecular weight excluding hydrogens is 167 g/mol. The summed E-state index contributed by atoms with van der Waals surface area (Å²) in [4.78, 5) is 0. The maximum atomic E-state index is 5.49. The molecule has 0 atom stereocenters. The Bertz CT molecular complexity index is 177. The van der Waals surface area contributed by atoms with E-state index in [0.29, 0.717) is 10.2 Å². The third-order valence-corrected chi connectivity index (χ3v) is 1.89. The monoisotopic (exact) mass is 167 g/mol. The summed E-state index contributed by atoms with van der Waals surface area (Å²) < 4.78 is 1.23. The van der Waals surface area contributed by atoms with Gasteiger partial charge < -0.3 is 0 Å². The average Bonchev–Trinajstić information content (AvgIpc) is 1.98. The molecule has 0 saturated carbocycles. The summed E-state index contributed by atoms with van der Waals surface area (Å²) in [5.74, 6) is 1.62. The van der Waals surface area contributed by atoms with Crippen LogP contribution in [0.4, 0.5) is 0 Å². The van der Waals surface area contributed by atoms with Crippen molar-refractivity contribution in [3.63, 3.8) is 0 Å². The van der Waals surface area contributed by atoms with Crippen molar-refractivity contribution in [1.82, 2.24) is 3.99 Å². The van der Waals surface area contributed by atoms with E-state index in [4.69, 9.17) is 35.0 Å². The Morgan fingerprint density at radius 1 is 1.50 bits per heavy atom. The minimum atomic E-state index is 0.355. The molecule has 0 bridgehead atoms. The summed E-state index contributed by atoms with van der Waals surface area (Å²) in [7, 11) is 1.58. The van der Waals surface area contributed by atoms with Crippen LogP contribution in [-0.2, 0) is 0 Å². The summed E-state index contributed by atoms with van der Waals surface area (Å²) in [6, 6.07) is 0. The van der Waals surface area contributed by atoms with E-state index < -0.39 is 0 Å². The van der Waals surface area contributed by atoms with Crippen LogP contribution >= 0.6 is 35.0 Å². The molecule has 0 aliphatic carbocycles. The van der Waals surface area contributed by atoms with E-state index in [1.807, 2.05) is 0 Å². The zero-order valence-electron chi connectivity index (χ0n) is 3.74.